The summed E-state index contributed by atoms with van der Waals surface area (Å²) in [5.41, 5.74) is -0.192. The standard InChI is InChI=1S/C15H26N2O3/c1-10(14(2,3)4)7-11-16-17-12(20-11)8-15(5,6)9-13(18)19/h10H,7-9H2,1-6H3,(H,18,19). The molecule has 1 heterocycles. The van der Waals surface area contributed by atoms with Crippen LogP contribution in [0, 0.1) is 16.7 Å². The van der Waals surface area contributed by atoms with Crippen LogP contribution < -0.4 is 0 Å². The highest BCUT2D eigenvalue weighted by Gasteiger charge is 2.26. The molecule has 0 radical (unpaired) electrons. The van der Waals surface area contributed by atoms with Crippen LogP contribution in [0.2, 0.25) is 0 Å². The number of nitrogens with zero attached hydrogens (tertiary/aromatic N) is 2. The van der Waals surface area contributed by atoms with Crippen molar-refractivity contribution in [1.82, 2.24) is 10.2 Å². The lowest BCUT2D eigenvalue weighted by atomic mass is 9.80. The highest BCUT2D eigenvalue weighted by Crippen LogP contribution is 2.29. The summed E-state index contributed by atoms with van der Waals surface area (Å²) in [4.78, 5) is 10.8. The van der Waals surface area contributed by atoms with Gasteiger partial charge in [0.25, 0.3) is 0 Å². The first-order chi connectivity index (χ1) is 8.99. The first-order valence-electron chi connectivity index (χ1n) is 7.03. The van der Waals surface area contributed by atoms with E-state index in [1.165, 1.54) is 0 Å². The number of carboxylic acids is 1. The van der Waals surface area contributed by atoms with Gasteiger partial charge in [-0.15, -0.1) is 10.2 Å². The molecule has 1 unspecified atom stereocenters. The molecule has 0 aromatic carbocycles. The Morgan fingerprint density at radius 3 is 2.25 bits per heavy atom. The van der Waals surface area contributed by atoms with Crippen LogP contribution >= 0.6 is 0 Å². The van der Waals surface area contributed by atoms with Crippen molar-refractivity contribution in [2.45, 2.75) is 60.8 Å². The third kappa shape index (κ3) is 5.31. The van der Waals surface area contributed by atoms with Gasteiger partial charge in [0.15, 0.2) is 0 Å². The van der Waals surface area contributed by atoms with Gasteiger partial charge >= 0.3 is 5.97 Å². The molecular formula is C15H26N2O3. The number of aromatic nitrogens is 2. The molecule has 1 N–H and O–H groups in total. The average Bonchev–Trinajstić information content (AvgIpc) is 2.60. The van der Waals surface area contributed by atoms with E-state index in [9.17, 15) is 4.79 Å². The molecule has 114 valence electrons. The van der Waals surface area contributed by atoms with Gasteiger partial charge in [-0.25, -0.2) is 0 Å². The van der Waals surface area contributed by atoms with Crippen molar-refractivity contribution in [3.63, 3.8) is 0 Å². The molecule has 1 aromatic heterocycles. The van der Waals surface area contributed by atoms with Crippen molar-refractivity contribution in [3.8, 4) is 0 Å². The second kappa shape index (κ2) is 5.94. The van der Waals surface area contributed by atoms with Crippen LogP contribution in [0.3, 0.4) is 0 Å². The number of hydrogen-bond donors (Lipinski definition) is 1. The molecule has 1 aromatic rings. The highest BCUT2D eigenvalue weighted by molar-refractivity contribution is 5.67. The fraction of sp³-hybridized carbons (Fsp3) is 0.800. The van der Waals surface area contributed by atoms with Gasteiger partial charge in [0.05, 0.1) is 6.42 Å². The zero-order chi connectivity index (χ0) is 15.6. The first-order valence-corrected chi connectivity index (χ1v) is 7.03. The molecule has 5 heteroatoms. The van der Waals surface area contributed by atoms with Gasteiger partial charge in [-0.05, 0) is 16.7 Å². The van der Waals surface area contributed by atoms with E-state index in [-0.39, 0.29) is 17.3 Å². The minimum Gasteiger partial charge on any atom is -0.481 e. The minimum atomic E-state index is -0.809. The van der Waals surface area contributed by atoms with E-state index in [1.807, 2.05) is 13.8 Å². The molecule has 0 bridgehead atoms. The normalized spacial score (nSPS) is 14.3. The van der Waals surface area contributed by atoms with E-state index in [0.29, 0.717) is 24.1 Å². The lowest BCUT2D eigenvalue weighted by molar-refractivity contribution is -0.139. The van der Waals surface area contributed by atoms with Crippen LogP contribution in [0.1, 0.15) is 59.7 Å². The molecule has 0 saturated carbocycles. The molecule has 0 fully saturated rings. The predicted molar refractivity (Wildman–Crippen MR) is 76.4 cm³/mol. The Labute approximate surface area is 120 Å². The summed E-state index contributed by atoms with van der Waals surface area (Å²) >= 11 is 0. The van der Waals surface area contributed by atoms with E-state index < -0.39 is 5.97 Å². The van der Waals surface area contributed by atoms with Gasteiger partial charge in [0, 0.05) is 12.8 Å². The molecule has 0 amide bonds. The van der Waals surface area contributed by atoms with Crippen LogP contribution in [-0.2, 0) is 17.6 Å². The number of aliphatic carboxylic acids is 1. The van der Waals surface area contributed by atoms with Gasteiger partial charge in [-0.2, -0.15) is 0 Å². The van der Waals surface area contributed by atoms with Crippen LogP contribution in [0.25, 0.3) is 0 Å². The minimum absolute atomic E-state index is 0.0864. The maximum Gasteiger partial charge on any atom is 0.303 e. The lowest BCUT2D eigenvalue weighted by Gasteiger charge is -2.25. The van der Waals surface area contributed by atoms with Gasteiger partial charge in [-0.1, -0.05) is 41.5 Å². The fourth-order valence-corrected chi connectivity index (χ4v) is 1.89. The zero-order valence-corrected chi connectivity index (χ0v) is 13.4. The molecule has 0 spiro atoms. The van der Waals surface area contributed by atoms with Crippen molar-refractivity contribution in [2.75, 3.05) is 0 Å². The van der Waals surface area contributed by atoms with Crippen LogP contribution in [0.5, 0.6) is 0 Å². The van der Waals surface area contributed by atoms with Crippen molar-refractivity contribution in [3.05, 3.63) is 11.8 Å². The lowest BCUT2D eigenvalue weighted by Crippen LogP contribution is -2.20. The maximum absolute atomic E-state index is 10.8. The van der Waals surface area contributed by atoms with Crippen LogP contribution in [0.15, 0.2) is 4.42 Å². The van der Waals surface area contributed by atoms with Crippen molar-refractivity contribution >= 4 is 5.97 Å². The van der Waals surface area contributed by atoms with Crippen molar-refractivity contribution in [1.29, 1.82) is 0 Å². The Morgan fingerprint density at radius 2 is 1.75 bits per heavy atom. The number of hydrogen-bond acceptors (Lipinski definition) is 4. The molecule has 0 saturated heterocycles. The number of carbonyl (C=O) groups is 1. The Hall–Kier alpha value is -1.39. The molecule has 20 heavy (non-hydrogen) atoms. The third-order valence-corrected chi connectivity index (χ3v) is 3.73. The first kappa shape index (κ1) is 16.7. The van der Waals surface area contributed by atoms with Gasteiger partial charge in [-0.3, -0.25) is 4.79 Å². The summed E-state index contributed by atoms with van der Waals surface area (Å²) < 4.78 is 5.65. The number of carboxylic acid groups (broad SMARTS) is 1. The summed E-state index contributed by atoms with van der Waals surface area (Å²) in [6, 6.07) is 0. The second-order valence-corrected chi connectivity index (χ2v) is 7.47. The maximum atomic E-state index is 10.8. The second-order valence-electron chi connectivity index (χ2n) is 7.47. The molecule has 1 rings (SSSR count). The Balaban J connectivity index is 2.66. The van der Waals surface area contributed by atoms with E-state index in [4.69, 9.17) is 9.52 Å². The molecule has 5 nitrogen and oxygen atoms in total. The largest absolute Gasteiger partial charge is 0.481 e. The van der Waals surface area contributed by atoms with Crippen LogP contribution in [-0.4, -0.2) is 21.3 Å². The van der Waals surface area contributed by atoms with Gasteiger partial charge in [0.1, 0.15) is 0 Å². The van der Waals surface area contributed by atoms with Crippen molar-refractivity contribution < 1.29 is 14.3 Å². The molecular weight excluding hydrogens is 256 g/mol. The smallest absolute Gasteiger partial charge is 0.303 e. The van der Waals surface area contributed by atoms with Crippen LogP contribution in [0.4, 0.5) is 0 Å². The summed E-state index contributed by atoms with van der Waals surface area (Å²) in [6.07, 6.45) is 1.31. The SMILES string of the molecule is CC(Cc1nnc(CC(C)(C)CC(=O)O)o1)C(C)(C)C. The summed E-state index contributed by atoms with van der Waals surface area (Å²) in [7, 11) is 0. The zero-order valence-electron chi connectivity index (χ0n) is 13.4. The van der Waals surface area contributed by atoms with Gasteiger partial charge < -0.3 is 9.52 Å². The van der Waals surface area contributed by atoms with E-state index in [2.05, 4.69) is 37.9 Å². The van der Waals surface area contributed by atoms with Gasteiger partial charge in [0.2, 0.25) is 11.8 Å². The predicted octanol–water partition coefficient (Wildman–Crippen LogP) is 3.34. The molecule has 1 atom stereocenters. The topological polar surface area (TPSA) is 76.2 Å². The summed E-state index contributed by atoms with van der Waals surface area (Å²) in [5.74, 6) is 0.778. The molecule has 0 aliphatic rings. The van der Waals surface area contributed by atoms with E-state index in [1.54, 1.807) is 0 Å². The third-order valence-electron chi connectivity index (χ3n) is 3.73. The average molecular weight is 282 g/mol. The van der Waals surface area contributed by atoms with E-state index in [0.717, 1.165) is 6.42 Å². The fourth-order valence-electron chi connectivity index (χ4n) is 1.89. The summed E-state index contributed by atoms with van der Waals surface area (Å²) in [5, 5.41) is 17.0. The Bertz CT molecular complexity index is 458. The quantitative estimate of drug-likeness (QED) is 0.866. The number of rotatable bonds is 6. The Morgan fingerprint density at radius 1 is 1.20 bits per heavy atom. The highest BCUT2D eigenvalue weighted by atomic mass is 16.4. The van der Waals surface area contributed by atoms with Crippen molar-refractivity contribution in [2.24, 2.45) is 16.7 Å². The monoisotopic (exact) mass is 282 g/mol. The van der Waals surface area contributed by atoms with E-state index >= 15 is 0 Å². The molecule has 0 aliphatic heterocycles. The Kier molecular flexibility index (Phi) is 4.95. The molecule has 0 aliphatic carbocycles. The summed E-state index contributed by atoms with van der Waals surface area (Å²) in [6.45, 7) is 12.5.